The first-order valence-electron chi connectivity index (χ1n) is 7.02. The Morgan fingerprint density at radius 2 is 1.71 bits per heavy atom. The molecule has 0 saturated heterocycles. The molecule has 0 radical (unpaired) electrons. The molecule has 0 bridgehead atoms. The van der Waals surface area contributed by atoms with Crippen LogP contribution in [0.4, 0.5) is 13.2 Å². The maximum absolute atomic E-state index is 12.4. The summed E-state index contributed by atoms with van der Waals surface area (Å²) in [4.78, 5) is 15.8. The molecule has 5 nitrogen and oxygen atoms in total. The van der Waals surface area contributed by atoms with E-state index in [1.807, 2.05) is 20.8 Å². The van der Waals surface area contributed by atoms with Gasteiger partial charge >= 0.3 is 6.18 Å². The van der Waals surface area contributed by atoms with E-state index in [-0.39, 0.29) is 54.1 Å². The number of nitrogens with two attached hydrogens (primary N) is 1. The number of alkyl halides is 3. The van der Waals surface area contributed by atoms with Gasteiger partial charge in [-0.05, 0) is 45.0 Å². The van der Waals surface area contributed by atoms with Gasteiger partial charge in [0, 0.05) is 17.6 Å². The second-order valence-corrected chi connectivity index (χ2v) is 5.97. The highest BCUT2D eigenvalue weighted by molar-refractivity contribution is 14.0. The first kappa shape index (κ1) is 22.5. The third-order valence-electron chi connectivity index (χ3n) is 2.66. The van der Waals surface area contributed by atoms with Gasteiger partial charge in [0.15, 0.2) is 5.96 Å². The van der Waals surface area contributed by atoms with Crippen molar-refractivity contribution in [1.82, 2.24) is 10.6 Å². The van der Waals surface area contributed by atoms with Gasteiger partial charge in [-0.25, -0.2) is 0 Å². The number of benzene rings is 1. The molecule has 0 aliphatic carbocycles. The fourth-order valence-corrected chi connectivity index (χ4v) is 1.68. The van der Waals surface area contributed by atoms with Crippen LogP contribution < -0.4 is 16.4 Å². The molecule has 0 aliphatic rings. The highest BCUT2D eigenvalue weighted by atomic mass is 127. The number of carbonyl (C=O) groups is 1. The van der Waals surface area contributed by atoms with Crippen molar-refractivity contribution in [2.24, 2.45) is 10.7 Å². The van der Waals surface area contributed by atoms with Gasteiger partial charge in [-0.1, -0.05) is 0 Å². The van der Waals surface area contributed by atoms with Gasteiger partial charge in [0.05, 0.1) is 12.1 Å². The van der Waals surface area contributed by atoms with E-state index >= 15 is 0 Å². The van der Waals surface area contributed by atoms with Crippen molar-refractivity contribution in [3.8, 4) is 0 Å². The molecule has 0 spiro atoms. The topological polar surface area (TPSA) is 79.5 Å². The standard InChI is InChI=1S/C15H21F3N4O.HI/c1-14(2,3)22-13(19)21-9-8-20-12(23)10-4-6-11(7-5-10)15(16,17)18;/h4-7H,8-9H2,1-3H3,(H,20,23)(H3,19,21,22);1H. The van der Waals surface area contributed by atoms with Crippen LogP contribution in [0.25, 0.3) is 0 Å². The Hall–Kier alpha value is -1.52. The third kappa shape index (κ3) is 8.37. The lowest BCUT2D eigenvalue weighted by Crippen LogP contribution is -2.45. The van der Waals surface area contributed by atoms with E-state index < -0.39 is 17.6 Å². The van der Waals surface area contributed by atoms with E-state index in [4.69, 9.17) is 5.73 Å². The Morgan fingerprint density at radius 1 is 1.17 bits per heavy atom. The summed E-state index contributed by atoms with van der Waals surface area (Å²) in [5, 5.41) is 5.53. The van der Waals surface area contributed by atoms with Crippen molar-refractivity contribution in [2.75, 3.05) is 13.1 Å². The molecule has 24 heavy (non-hydrogen) atoms. The monoisotopic (exact) mass is 458 g/mol. The van der Waals surface area contributed by atoms with E-state index in [9.17, 15) is 18.0 Å². The quantitative estimate of drug-likeness (QED) is 0.281. The molecule has 9 heteroatoms. The molecule has 0 atom stereocenters. The average Bonchev–Trinajstić information content (AvgIpc) is 2.40. The summed E-state index contributed by atoms with van der Waals surface area (Å²) in [6.07, 6.45) is -4.42. The fourth-order valence-electron chi connectivity index (χ4n) is 1.68. The molecule has 0 saturated carbocycles. The first-order chi connectivity index (χ1) is 10.5. The molecule has 0 aliphatic heterocycles. The zero-order valence-corrected chi connectivity index (χ0v) is 16.0. The average molecular weight is 458 g/mol. The molecule has 4 N–H and O–H groups in total. The zero-order valence-electron chi connectivity index (χ0n) is 13.7. The molecule has 0 heterocycles. The van der Waals surface area contributed by atoms with Crippen molar-refractivity contribution in [1.29, 1.82) is 0 Å². The molecular weight excluding hydrogens is 436 g/mol. The van der Waals surface area contributed by atoms with Crippen molar-refractivity contribution in [2.45, 2.75) is 32.5 Å². The van der Waals surface area contributed by atoms with Crippen LogP contribution in [-0.4, -0.2) is 30.5 Å². The van der Waals surface area contributed by atoms with Crippen molar-refractivity contribution < 1.29 is 18.0 Å². The number of hydrogen-bond donors (Lipinski definition) is 3. The lowest BCUT2D eigenvalue weighted by atomic mass is 10.1. The van der Waals surface area contributed by atoms with Crippen molar-refractivity contribution in [3.63, 3.8) is 0 Å². The molecule has 0 unspecified atom stereocenters. The van der Waals surface area contributed by atoms with Crippen LogP contribution in [-0.2, 0) is 6.18 Å². The maximum Gasteiger partial charge on any atom is 0.416 e. The highest BCUT2D eigenvalue weighted by Gasteiger charge is 2.30. The second-order valence-electron chi connectivity index (χ2n) is 5.97. The van der Waals surface area contributed by atoms with Crippen LogP contribution in [0.15, 0.2) is 29.3 Å². The maximum atomic E-state index is 12.4. The van der Waals surface area contributed by atoms with Crippen LogP contribution in [0, 0.1) is 0 Å². The smallest absolute Gasteiger partial charge is 0.370 e. The second kappa shape index (κ2) is 9.09. The number of nitrogens with one attached hydrogen (secondary N) is 2. The molecule has 1 aromatic carbocycles. The minimum Gasteiger partial charge on any atom is -0.370 e. The van der Waals surface area contributed by atoms with Gasteiger partial charge in [-0.2, -0.15) is 13.2 Å². The fraction of sp³-hybridized carbons (Fsp3) is 0.467. The Kier molecular flexibility index (Phi) is 8.52. The summed E-state index contributed by atoms with van der Waals surface area (Å²) < 4.78 is 37.3. The first-order valence-corrected chi connectivity index (χ1v) is 7.02. The van der Waals surface area contributed by atoms with Gasteiger partial charge in [-0.3, -0.25) is 9.79 Å². The third-order valence-corrected chi connectivity index (χ3v) is 2.66. The number of halogens is 4. The van der Waals surface area contributed by atoms with E-state index in [0.717, 1.165) is 24.3 Å². The summed E-state index contributed by atoms with van der Waals surface area (Å²) in [5.41, 5.74) is 4.82. The van der Waals surface area contributed by atoms with Crippen LogP contribution in [0.5, 0.6) is 0 Å². The predicted octanol–water partition coefficient (Wildman–Crippen LogP) is 2.76. The minimum atomic E-state index is -4.42. The van der Waals surface area contributed by atoms with Gasteiger partial charge in [0.1, 0.15) is 0 Å². The summed E-state index contributed by atoms with van der Waals surface area (Å²) in [5.74, 6) is -0.197. The normalized spacial score (nSPS) is 12.3. The SMILES string of the molecule is CC(C)(C)NC(N)=NCCNC(=O)c1ccc(C(F)(F)F)cc1.I. The van der Waals surface area contributed by atoms with Gasteiger partial charge < -0.3 is 16.4 Å². The number of rotatable bonds is 4. The summed E-state index contributed by atoms with van der Waals surface area (Å²) in [7, 11) is 0. The van der Waals surface area contributed by atoms with Gasteiger partial charge in [0.2, 0.25) is 0 Å². The minimum absolute atomic E-state index is 0. The number of guanidine groups is 1. The van der Waals surface area contributed by atoms with E-state index in [1.54, 1.807) is 0 Å². The van der Waals surface area contributed by atoms with Crippen molar-refractivity contribution in [3.05, 3.63) is 35.4 Å². The van der Waals surface area contributed by atoms with Crippen LogP contribution in [0.3, 0.4) is 0 Å². The van der Waals surface area contributed by atoms with Gasteiger partial charge in [0.25, 0.3) is 5.91 Å². The van der Waals surface area contributed by atoms with Crippen LogP contribution in [0.1, 0.15) is 36.7 Å². The molecule has 136 valence electrons. The molecule has 1 aromatic rings. The van der Waals surface area contributed by atoms with Crippen LogP contribution in [0.2, 0.25) is 0 Å². The molecule has 0 fully saturated rings. The Labute approximate surface area is 156 Å². The van der Waals surface area contributed by atoms with Crippen LogP contribution >= 0.6 is 24.0 Å². The molecular formula is C15H22F3IN4O. The molecule has 1 amide bonds. The van der Waals surface area contributed by atoms with E-state index in [2.05, 4.69) is 15.6 Å². The Bertz CT molecular complexity index is 566. The van der Waals surface area contributed by atoms with Gasteiger partial charge in [-0.15, -0.1) is 24.0 Å². The van der Waals surface area contributed by atoms with E-state index in [0.29, 0.717) is 0 Å². The number of nitrogens with zero attached hydrogens (tertiary/aromatic N) is 1. The zero-order chi connectivity index (χ0) is 17.7. The number of carbonyl (C=O) groups excluding carboxylic acids is 1. The Balaban J connectivity index is 0.00000529. The lowest BCUT2D eigenvalue weighted by Gasteiger charge is -2.20. The largest absolute Gasteiger partial charge is 0.416 e. The molecule has 1 rings (SSSR count). The van der Waals surface area contributed by atoms with E-state index in [1.165, 1.54) is 0 Å². The summed E-state index contributed by atoms with van der Waals surface area (Å²) in [6.45, 7) is 6.29. The number of amides is 1. The highest BCUT2D eigenvalue weighted by Crippen LogP contribution is 2.28. The summed E-state index contributed by atoms with van der Waals surface area (Å²) >= 11 is 0. The molecule has 0 aromatic heterocycles. The predicted molar refractivity (Wildman–Crippen MR) is 98.6 cm³/mol. The summed E-state index contributed by atoms with van der Waals surface area (Å²) in [6, 6.07) is 4.02. The van der Waals surface area contributed by atoms with Crippen molar-refractivity contribution >= 4 is 35.8 Å². The number of hydrogen-bond acceptors (Lipinski definition) is 2. The Morgan fingerprint density at radius 3 is 2.17 bits per heavy atom. The number of aliphatic imine (C=N–C) groups is 1. The lowest BCUT2D eigenvalue weighted by molar-refractivity contribution is -0.137.